The Labute approximate surface area is 175 Å². The van der Waals surface area contributed by atoms with E-state index in [1.54, 1.807) is 24.3 Å². The predicted molar refractivity (Wildman–Crippen MR) is 106 cm³/mol. The second-order valence-electron chi connectivity index (χ2n) is 6.39. The van der Waals surface area contributed by atoms with Crippen molar-refractivity contribution in [2.45, 2.75) is 6.18 Å². The molecule has 0 saturated carbocycles. The van der Waals surface area contributed by atoms with Crippen LogP contribution in [-0.4, -0.2) is 42.4 Å². The maximum atomic E-state index is 12.7. The number of nitrogens with zero attached hydrogens (tertiary/aromatic N) is 4. The lowest BCUT2D eigenvalue weighted by Crippen LogP contribution is -2.22. The number of aromatic nitrogens is 5. The van der Waals surface area contributed by atoms with Crippen molar-refractivity contribution in [3.63, 3.8) is 0 Å². The summed E-state index contributed by atoms with van der Waals surface area (Å²) in [6.07, 6.45) is -1.81. The van der Waals surface area contributed by atoms with Crippen molar-refractivity contribution in [3.8, 4) is 5.88 Å². The number of aromatic hydroxyl groups is 1. The van der Waals surface area contributed by atoms with Gasteiger partial charge < -0.3 is 15.4 Å². The maximum Gasteiger partial charge on any atom is 0.408 e. The zero-order valence-corrected chi connectivity index (χ0v) is 16.2. The van der Waals surface area contributed by atoms with Crippen LogP contribution in [0.1, 0.15) is 5.69 Å². The SMILES string of the molecule is O=c1[nH]c(O)c(/C=c2\cnn3c(=NCC(F)(F)F)cc(Nc4cccc(Cl)c4)nc23)[nH]1. The van der Waals surface area contributed by atoms with E-state index in [4.69, 9.17) is 11.6 Å². The highest BCUT2D eigenvalue weighted by Crippen LogP contribution is 2.18. The number of hydrogen-bond donors (Lipinski definition) is 4. The number of H-pyrrole nitrogens is 2. The van der Waals surface area contributed by atoms with Crippen LogP contribution in [0, 0.1) is 0 Å². The van der Waals surface area contributed by atoms with Gasteiger partial charge in [-0.25, -0.2) is 9.78 Å². The molecule has 4 N–H and O–H groups in total. The Kier molecular flexibility index (Phi) is 5.15. The van der Waals surface area contributed by atoms with Crippen LogP contribution >= 0.6 is 11.6 Å². The molecule has 31 heavy (non-hydrogen) atoms. The molecule has 0 amide bonds. The van der Waals surface area contributed by atoms with Gasteiger partial charge in [0.15, 0.2) is 11.1 Å². The fraction of sp³-hybridized carbons (Fsp3) is 0.111. The molecule has 160 valence electrons. The number of benzene rings is 1. The molecule has 3 heterocycles. The number of rotatable bonds is 4. The zero-order chi connectivity index (χ0) is 22.2. The minimum atomic E-state index is -4.51. The Morgan fingerprint density at radius 2 is 2.10 bits per heavy atom. The van der Waals surface area contributed by atoms with E-state index < -0.39 is 24.3 Å². The highest BCUT2D eigenvalue weighted by molar-refractivity contribution is 6.30. The van der Waals surface area contributed by atoms with Crippen LogP contribution in [0.25, 0.3) is 11.7 Å². The zero-order valence-electron chi connectivity index (χ0n) is 15.4. The fourth-order valence-corrected chi connectivity index (χ4v) is 2.97. The maximum absolute atomic E-state index is 12.7. The van der Waals surface area contributed by atoms with E-state index in [0.717, 1.165) is 4.52 Å². The molecule has 0 aliphatic heterocycles. The van der Waals surface area contributed by atoms with Crippen molar-refractivity contribution in [2.24, 2.45) is 4.99 Å². The molecule has 3 aromatic heterocycles. The van der Waals surface area contributed by atoms with E-state index in [2.05, 4.69) is 30.4 Å². The first kappa shape index (κ1) is 20.5. The van der Waals surface area contributed by atoms with Gasteiger partial charge in [-0.2, -0.15) is 22.8 Å². The molecule has 0 radical (unpaired) electrons. The lowest BCUT2D eigenvalue weighted by atomic mass is 10.3. The highest BCUT2D eigenvalue weighted by Gasteiger charge is 2.26. The second kappa shape index (κ2) is 7.80. The number of anilines is 2. The van der Waals surface area contributed by atoms with Gasteiger partial charge in [0.25, 0.3) is 0 Å². The lowest BCUT2D eigenvalue weighted by Gasteiger charge is -2.07. The molecule has 0 aliphatic carbocycles. The highest BCUT2D eigenvalue weighted by atomic mass is 35.5. The molecule has 4 rings (SSSR count). The molecule has 0 unspecified atom stereocenters. The quantitative estimate of drug-likeness (QED) is 0.377. The van der Waals surface area contributed by atoms with E-state index in [1.807, 2.05) is 0 Å². The summed E-state index contributed by atoms with van der Waals surface area (Å²) in [6.45, 7) is -1.41. The summed E-state index contributed by atoms with van der Waals surface area (Å²) in [5.74, 6) is -0.211. The van der Waals surface area contributed by atoms with Gasteiger partial charge >= 0.3 is 11.9 Å². The van der Waals surface area contributed by atoms with Crippen molar-refractivity contribution < 1.29 is 18.3 Å². The second-order valence-corrected chi connectivity index (χ2v) is 6.82. The summed E-state index contributed by atoms with van der Waals surface area (Å²) in [5.41, 5.74) is 0.0394. The molecule has 9 nitrogen and oxygen atoms in total. The van der Waals surface area contributed by atoms with Gasteiger partial charge in [-0.3, -0.25) is 9.98 Å². The van der Waals surface area contributed by atoms with Crippen molar-refractivity contribution in [1.29, 1.82) is 0 Å². The van der Waals surface area contributed by atoms with E-state index in [0.29, 0.717) is 15.9 Å². The fourth-order valence-electron chi connectivity index (χ4n) is 2.77. The first-order valence-electron chi connectivity index (χ1n) is 8.69. The number of nitrogens with one attached hydrogen (secondary N) is 3. The minimum Gasteiger partial charge on any atom is -0.493 e. The number of hydrogen-bond acceptors (Lipinski definition) is 6. The summed E-state index contributed by atoms with van der Waals surface area (Å²) in [4.78, 5) is 23.9. The summed E-state index contributed by atoms with van der Waals surface area (Å²) in [5, 5.41) is 17.6. The minimum absolute atomic E-state index is 0.0590. The molecule has 0 aliphatic rings. The number of imidazole rings is 1. The van der Waals surface area contributed by atoms with E-state index in [-0.39, 0.29) is 22.6 Å². The summed E-state index contributed by atoms with van der Waals surface area (Å²) >= 11 is 5.97. The van der Waals surface area contributed by atoms with Crippen LogP contribution in [0.2, 0.25) is 5.02 Å². The number of fused-ring (bicyclic) bond motifs is 1. The summed E-state index contributed by atoms with van der Waals surface area (Å²) in [7, 11) is 0. The Morgan fingerprint density at radius 3 is 2.77 bits per heavy atom. The first-order valence-corrected chi connectivity index (χ1v) is 9.07. The van der Waals surface area contributed by atoms with Gasteiger partial charge in [0.1, 0.15) is 18.1 Å². The van der Waals surface area contributed by atoms with Gasteiger partial charge in [0, 0.05) is 22.0 Å². The molecule has 13 heteroatoms. The van der Waals surface area contributed by atoms with Crippen molar-refractivity contribution in [2.75, 3.05) is 11.9 Å². The van der Waals surface area contributed by atoms with Gasteiger partial charge in [-0.05, 0) is 24.3 Å². The first-order chi connectivity index (χ1) is 14.7. The third kappa shape index (κ3) is 4.69. The third-order valence-electron chi connectivity index (χ3n) is 4.03. The van der Waals surface area contributed by atoms with Gasteiger partial charge in [0.05, 0.1) is 6.20 Å². The number of halogens is 4. The molecular weight excluding hydrogens is 439 g/mol. The summed E-state index contributed by atoms with van der Waals surface area (Å²) in [6, 6.07) is 8.00. The average molecular weight is 452 g/mol. The van der Waals surface area contributed by atoms with Crippen molar-refractivity contribution in [3.05, 3.63) is 68.4 Å². The van der Waals surface area contributed by atoms with Gasteiger partial charge in [-0.15, -0.1) is 0 Å². The van der Waals surface area contributed by atoms with Crippen LogP contribution in [0.4, 0.5) is 24.7 Å². The Hall–Kier alpha value is -3.80. The van der Waals surface area contributed by atoms with Crippen LogP contribution in [0.5, 0.6) is 5.88 Å². The average Bonchev–Trinajstić information content (AvgIpc) is 3.22. The van der Waals surface area contributed by atoms with Crippen LogP contribution in [0.15, 0.2) is 46.3 Å². The molecule has 0 atom stereocenters. The molecular formula is C18H13ClF3N7O2. The topological polar surface area (TPSA) is 123 Å². The number of alkyl halides is 3. The number of aromatic amines is 2. The normalized spacial score (nSPS) is 13.3. The van der Waals surface area contributed by atoms with E-state index >= 15 is 0 Å². The Morgan fingerprint density at radius 1 is 1.29 bits per heavy atom. The van der Waals surface area contributed by atoms with Crippen molar-refractivity contribution in [1.82, 2.24) is 24.6 Å². The van der Waals surface area contributed by atoms with Crippen LogP contribution in [0.3, 0.4) is 0 Å². The predicted octanol–water partition coefficient (Wildman–Crippen LogP) is 1.86. The standard InChI is InChI=1S/C18H13ClF3N7O2/c19-10-2-1-3-11(5-10)25-13-6-14(23-8-18(20,21)22)29-15(27-13)9(7-24-29)4-12-16(30)28-17(31)26-12/h1-7,25,30H,8H2,(H2,26,28,31)/b9-4+,23-14?. The summed E-state index contributed by atoms with van der Waals surface area (Å²) < 4.78 is 39.3. The van der Waals surface area contributed by atoms with E-state index in [1.165, 1.54) is 18.3 Å². The Balaban J connectivity index is 1.90. The molecule has 1 aromatic carbocycles. The largest absolute Gasteiger partial charge is 0.493 e. The van der Waals surface area contributed by atoms with E-state index in [9.17, 15) is 23.1 Å². The molecule has 4 aromatic rings. The van der Waals surface area contributed by atoms with Gasteiger partial charge in [-0.1, -0.05) is 17.7 Å². The van der Waals surface area contributed by atoms with Crippen molar-refractivity contribution >= 4 is 34.8 Å². The molecule has 0 fully saturated rings. The monoisotopic (exact) mass is 451 g/mol. The molecule has 0 saturated heterocycles. The lowest BCUT2D eigenvalue weighted by molar-refractivity contribution is -0.118. The molecule has 0 spiro atoms. The smallest absolute Gasteiger partial charge is 0.408 e. The molecule has 0 bridgehead atoms. The van der Waals surface area contributed by atoms with Crippen LogP contribution in [-0.2, 0) is 0 Å². The van der Waals surface area contributed by atoms with Crippen LogP contribution < -0.4 is 21.7 Å². The van der Waals surface area contributed by atoms with Gasteiger partial charge in [0.2, 0.25) is 5.88 Å². The Bertz CT molecular complexity index is 1440. The third-order valence-corrected chi connectivity index (χ3v) is 4.27.